The lowest BCUT2D eigenvalue weighted by Crippen LogP contribution is -2.36. The first-order chi connectivity index (χ1) is 15.0. The molecule has 9 heteroatoms. The van der Waals surface area contributed by atoms with Crippen LogP contribution in [0.4, 0.5) is 10.9 Å². The van der Waals surface area contributed by atoms with Crippen LogP contribution < -0.4 is 10.2 Å². The minimum absolute atomic E-state index is 0.307. The van der Waals surface area contributed by atoms with Crippen LogP contribution in [0.25, 0.3) is 11.3 Å². The zero-order valence-electron chi connectivity index (χ0n) is 16.5. The number of nitrogens with one attached hydrogen (secondary N) is 1. The molecule has 0 bridgehead atoms. The van der Waals surface area contributed by atoms with Gasteiger partial charge in [0.2, 0.25) is 0 Å². The first-order valence-electron chi connectivity index (χ1n) is 9.76. The molecule has 0 atom stereocenters. The molecule has 156 valence electrons. The van der Waals surface area contributed by atoms with Crippen molar-refractivity contribution in [2.75, 3.05) is 23.3 Å². The number of carboxylic acid groups (broad SMARTS) is 1. The third kappa shape index (κ3) is 4.54. The summed E-state index contributed by atoms with van der Waals surface area (Å²) in [5, 5.41) is 21.6. The van der Waals surface area contributed by atoms with Gasteiger partial charge in [-0.1, -0.05) is 41.7 Å². The van der Waals surface area contributed by atoms with E-state index in [-0.39, 0.29) is 11.8 Å². The van der Waals surface area contributed by atoms with E-state index in [9.17, 15) is 14.9 Å². The van der Waals surface area contributed by atoms with Gasteiger partial charge in [0.15, 0.2) is 5.13 Å². The summed E-state index contributed by atoms with van der Waals surface area (Å²) in [5.41, 5.74) is 1.73. The lowest BCUT2D eigenvalue weighted by molar-refractivity contribution is -0.142. The van der Waals surface area contributed by atoms with Crippen LogP contribution in [0.1, 0.15) is 28.1 Å². The molecule has 0 radical (unpaired) electrons. The molecule has 1 aromatic carbocycles. The fraction of sp³-hybridized carbons (Fsp3) is 0.227. The summed E-state index contributed by atoms with van der Waals surface area (Å²) >= 11 is 1.12. The number of aliphatic carboxylic acids is 1. The number of carbonyl (C=O) groups is 2. The lowest BCUT2D eigenvalue weighted by Gasteiger charge is -2.30. The van der Waals surface area contributed by atoms with E-state index in [0.717, 1.165) is 16.9 Å². The third-order valence-electron chi connectivity index (χ3n) is 5.17. The average molecular weight is 433 g/mol. The molecule has 3 aromatic rings. The molecule has 1 fully saturated rings. The first-order valence-corrected chi connectivity index (χ1v) is 10.6. The topological polar surface area (TPSA) is 119 Å². The van der Waals surface area contributed by atoms with Gasteiger partial charge in [-0.3, -0.25) is 14.9 Å². The van der Waals surface area contributed by atoms with Gasteiger partial charge in [0, 0.05) is 24.8 Å². The second kappa shape index (κ2) is 8.93. The SMILES string of the molecule is N#Cc1sc(NC(=O)c2ccc(N3CCC(C(=O)O)CC3)nc2)nc1-c1ccccc1. The van der Waals surface area contributed by atoms with Gasteiger partial charge in [0.1, 0.15) is 22.5 Å². The van der Waals surface area contributed by atoms with Gasteiger partial charge in [-0.25, -0.2) is 9.97 Å². The number of hydrogen-bond donors (Lipinski definition) is 2. The fourth-order valence-corrected chi connectivity index (χ4v) is 4.25. The Morgan fingerprint density at radius 1 is 1.16 bits per heavy atom. The average Bonchev–Trinajstić information content (AvgIpc) is 3.22. The predicted molar refractivity (Wildman–Crippen MR) is 117 cm³/mol. The summed E-state index contributed by atoms with van der Waals surface area (Å²) in [7, 11) is 0. The molecule has 3 heterocycles. The van der Waals surface area contributed by atoms with Crippen molar-refractivity contribution in [1.82, 2.24) is 9.97 Å². The summed E-state index contributed by atoms with van der Waals surface area (Å²) in [4.78, 5) is 34.9. The van der Waals surface area contributed by atoms with E-state index in [0.29, 0.717) is 53.0 Å². The lowest BCUT2D eigenvalue weighted by atomic mass is 9.97. The maximum absolute atomic E-state index is 12.6. The van der Waals surface area contributed by atoms with E-state index >= 15 is 0 Å². The normalized spacial score (nSPS) is 14.1. The Morgan fingerprint density at radius 3 is 2.52 bits per heavy atom. The molecule has 31 heavy (non-hydrogen) atoms. The van der Waals surface area contributed by atoms with Crippen molar-refractivity contribution in [3.8, 4) is 17.3 Å². The van der Waals surface area contributed by atoms with Crippen LogP contribution in [-0.4, -0.2) is 40.0 Å². The maximum Gasteiger partial charge on any atom is 0.306 e. The number of carboxylic acids is 1. The second-order valence-electron chi connectivity index (χ2n) is 7.13. The number of anilines is 2. The molecule has 1 saturated heterocycles. The number of nitriles is 1. The molecule has 2 N–H and O–H groups in total. The van der Waals surface area contributed by atoms with Crippen molar-refractivity contribution in [3.63, 3.8) is 0 Å². The van der Waals surface area contributed by atoms with Crippen molar-refractivity contribution >= 4 is 34.2 Å². The number of nitrogens with zero attached hydrogens (tertiary/aromatic N) is 4. The summed E-state index contributed by atoms with van der Waals surface area (Å²) in [6.07, 6.45) is 2.65. The van der Waals surface area contributed by atoms with Crippen LogP contribution in [0, 0.1) is 17.2 Å². The Bertz CT molecular complexity index is 1130. The van der Waals surface area contributed by atoms with Crippen molar-refractivity contribution in [2.45, 2.75) is 12.8 Å². The highest BCUT2D eigenvalue weighted by Crippen LogP contribution is 2.30. The monoisotopic (exact) mass is 433 g/mol. The number of benzene rings is 1. The standard InChI is InChI=1S/C22H19N5O3S/c23-12-17-19(14-4-2-1-3-5-14)25-22(31-17)26-20(28)16-6-7-18(24-13-16)27-10-8-15(9-11-27)21(29)30/h1-7,13,15H,8-11H2,(H,29,30)(H,25,26,28). The van der Waals surface area contributed by atoms with Gasteiger partial charge in [-0.05, 0) is 25.0 Å². The summed E-state index contributed by atoms with van der Waals surface area (Å²) in [6.45, 7) is 1.24. The number of rotatable bonds is 5. The minimum Gasteiger partial charge on any atom is -0.481 e. The van der Waals surface area contributed by atoms with Crippen LogP contribution in [-0.2, 0) is 4.79 Å². The third-order valence-corrected chi connectivity index (χ3v) is 6.05. The van der Waals surface area contributed by atoms with Crippen molar-refractivity contribution in [1.29, 1.82) is 5.26 Å². The number of carbonyl (C=O) groups excluding carboxylic acids is 1. The molecule has 1 amide bonds. The number of pyridine rings is 1. The smallest absolute Gasteiger partial charge is 0.306 e. The molecule has 1 aliphatic heterocycles. The minimum atomic E-state index is -0.753. The Hall–Kier alpha value is -3.77. The Morgan fingerprint density at radius 2 is 1.90 bits per heavy atom. The van der Waals surface area contributed by atoms with E-state index < -0.39 is 5.97 Å². The summed E-state index contributed by atoms with van der Waals surface area (Å²) < 4.78 is 0. The number of thiazole rings is 1. The molecule has 8 nitrogen and oxygen atoms in total. The molecule has 0 spiro atoms. The maximum atomic E-state index is 12.6. The highest BCUT2D eigenvalue weighted by atomic mass is 32.1. The molecule has 0 unspecified atom stereocenters. The van der Waals surface area contributed by atoms with Crippen LogP contribution in [0.2, 0.25) is 0 Å². The summed E-state index contributed by atoms with van der Waals surface area (Å²) in [6, 6.07) is 14.9. The quantitative estimate of drug-likeness (QED) is 0.630. The highest BCUT2D eigenvalue weighted by molar-refractivity contribution is 7.16. The molecule has 1 aliphatic rings. The largest absolute Gasteiger partial charge is 0.481 e. The van der Waals surface area contributed by atoms with Gasteiger partial charge in [-0.2, -0.15) is 5.26 Å². The van der Waals surface area contributed by atoms with E-state index in [1.54, 1.807) is 12.1 Å². The van der Waals surface area contributed by atoms with Crippen LogP contribution in [0.5, 0.6) is 0 Å². The molecular weight excluding hydrogens is 414 g/mol. The number of aromatic nitrogens is 2. The van der Waals surface area contributed by atoms with Gasteiger partial charge in [0.25, 0.3) is 5.91 Å². The van der Waals surface area contributed by atoms with Crippen molar-refractivity contribution in [3.05, 3.63) is 59.1 Å². The van der Waals surface area contributed by atoms with E-state index in [4.69, 9.17) is 5.11 Å². The van der Waals surface area contributed by atoms with Gasteiger partial charge in [-0.15, -0.1) is 0 Å². The van der Waals surface area contributed by atoms with Gasteiger partial charge < -0.3 is 10.0 Å². The van der Waals surface area contributed by atoms with Crippen molar-refractivity contribution in [2.24, 2.45) is 5.92 Å². The van der Waals surface area contributed by atoms with E-state index in [2.05, 4.69) is 21.4 Å². The zero-order valence-corrected chi connectivity index (χ0v) is 17.3. The molecule has 0 saturated carbocycles. The molecule has 2 aromatic heterocycles. The van der Waals surface area contributed by atoms with Crippen LogP contribution in [0.3, 0.4) is 0 Å². The first kappa shape index (κ1) is 20.5. The zero-order chi connectivity index (χ0) is 21.8. The number of hydrogen-bond acceptors (Lipinski definition) is 7. The number of piperidine rings is 1. The Labute approximate surface area is 182 Å². The van der Waals surface area contributed by atoms with Crippen LogP contribution in [0.15, 0.2) is 48.7 Å². The highest BCUT2D eigenvalue weighted by Gasteiger charge is 2.25. The van der Waals surface area contributed by atoms with E-state index in [1.807, 2.05) is 35.2 Å². The van der Waals surface area contributed by atoms with Crippen LogP contribution >= 0.6 is 11.3 Å². The van der Waals surface area contributed by atoms with Gasteiger partial charge >= 0.3 is 5.97 Å². The Kier molecular flexibility index (Phi) is 5.91. The Balaban J connectivity index is 1.43. The van der Waals surface area contributed by atoms with Crippen molar-refractivity contribution < 1.29 is 14.7 Å². The van der Waals surface area contributed by atoms with Gasteiger partial charge in [0.05, 0.1) is 11.5 Å². The fourth-order valence-electron chi connectivity index (χ4n) is 3.47. The summed E-state index contributed by atoms with van der Waals surface area (Å²) in [5.74, 6) is -0.704. The molecule has 0 aliphatic carbocycles. The number of amides is 1. The predicted octanol–water partition coefficient (Wildman–Crippen LogP) is 3.63. The van der Waals surface area contributed by atoms with E-state index in [1.165, 1.54) is 6.20 Å². The molecule has 4 rings (SSSR count). The second-order valence-corrected chi connectivity index (χ2v) is 8.13. The molecular formula is C22H19N5O3S.